The van der Waals surface area contributed by atoms with E-state index < -0.39 is 0 Å². The first-order valence-corrected chi connectivity index (χ1v) is 14.0. The first kappa shape index (κ1) is 28.0. The van der Waals surface area contributed by atoms with Crippen molar-refractivity contribution < 1.29 is 0 Å². The zero-order valence-electron chi connectivity index (χ0n) is 22.2. The molecule has 34 heavy (non-hydrogen) atoms. The molecule has 2 aromatic carbocycles. The molecule has 0 amide bonds. The molecule has 0 N–H and O–H groups in total. The Balaban J connectivity index is 2.01. The Morgan fingerprint density at radius 2 is 1.03 bits per heavy atom. The van der Waals surface area contributed by atoms with E-state index in [0.29, 0.717) is 0 Å². The van der Waals surface area contributed by atoms with Gasteiger partial charge in [-0.1, -0.05) is 103 Å². The van der Waals surface area contributed by atoms with Crippen LogP contribution in [-0.4, -0.2) is 11.9 Å². The molecule has 0 aliphatic heterocycles. The summed E-state index contributed by atoms with van der Waals surface area (Å²) in [6, 6.07) is 17.6. The van der Waals surface area contributed by atoms with Crippen molar-refractivity contribution in [3.8, 4) is 0 Å². The highest BCUT2D eigenvalue weighted by atomic mass is 14.8. The molecule has 0 aliphatic rings. The second-order valence-electron chi connectivity index (χ2n) is 9.63. The van der Waals surface area contributed by atoms with Crippen molar-refractivity contribution in [3.63, 3.8) is 0 Å². The molecule has 2 nitrogen and oxygen atoms in total. The number of aliphatic imine (C=N–C) groups is 2. The Bertz CT molecular complexity index is 815. The van der Waals surface area contributed by atoms with Gasteiger partial charge in [0.1, 0.15) is 0 Å². The van der Waals surface area contributed by atoms with Crippen LogP contribution in [0.3, 0.4) is 0 Å². The molecule has 0 spiro atoms. The molecule has 0 bridgehead atoms. The second kappa shape index (κ2) is 18.2. The van der Waals surface area contributed by atoms with Crippen LogP contribution in [-0.2, 0) is 12.8 Å². The summed E-state index contributed by atoms with van der Waals surface area (Å²) < 4.78 is 0. The van der Waals surface area contributed by atoms with Gasteiger partial charge in [0, 0.05) is 6.21 Å². The highest BCUT2D eigenvalue weighted by Crippen LogP contribution is 2.18. The molecular formula is C32H48N2. The van der Waals surface area contributed by atoms with Gasteiger partial charge in [-0.05, 0) is 73.9 Å². The van der Waals surface area contributed by atoms with E-state index in [-0.39, 0.29) is 0 Å². The van der Waals surface area contributed by atoms with Crippen LogP contribution in [0.1, 0.15) is 115 Å². The summed E-state index contributed by atoms with van der Waals surface area (Å²) in [5.74, 6) is 0. The maximum Gasteiger partial charge on any atom is 0.0633 e. The maximum absolute atomic E-state index is 4.98. The lowest BCUT2D eigenvalue weighted by atomic mass is 10.1. The SMILES string of the molecule is CCCCCCCCC(C=Nc1ccc(CCCCC)cc1)=Nc1ccc(CCCCC)cc1. The van der Waals surface area contributed by atoms with Gasteiger partial charge in [-0.2, -0.15) is 0 Å². The number of rotatable bonds is 18. The van der Waals surface area contributed by atoms with Crippen LogP contribution in [0, 0.1) is 0 Å². The minimum absolute atomic E-state index is 0.989. The number of hydrogen-bond acceptors (Lipinski definition) is 2. The molecule has 0 heterocycles. The lowest BCUT2D eigenvalue weighted by Gasteiger charge is -2.05. The van der Waals surface area contributed by atoms with Crippen LogP contribution >= 0.6 is 0 Å². The zero-order chi connectivity index (χ0) is 24.3. The Kier molecular flexibility index (Phi) is 15.0. The second-order valence-corrected chi connectivity index (χ2v) is 9.63. The van der Waals surface area contributed by atoms with Gasteiger partial charge < -0.3 is 0 Å². The van der Waals surface area contributed by atoms with Gasteiger partial charge in [-0.25, -0.2) is 0 Å². The van der Waals surface area contributed by atoms with Crippen LogP contribution in [0.4, 0.5) is 11.4 Å². The normalized spacial score (nSPS) is 12.0. The van der Waals surface area contributed by atoms with Crippen molar-refractivity contribution in [3.05, 3.63) is 59.7 Å². The van der Waals surface area contributed by atoms with Gasteiger partial charge >= 0.3 is 0 Å². The van der Waals surface area contributed by atoms with Crippen molar-refractivity contribution in [2.45, 2.75) is 117 Å². The molecule has 0 fully saturated rings. The highest BCUT2D eigenvalue weighted by molar-refractivity contribution is 6.31. The number of nitrogens with zero attached hydrogens (tertiary/aromatic N) is 2. The predicted molar refractivity (Wildman–Crippen MR) is 153 cm³/mol. The summed E-state index contributed by atoms with van der Waals surface area (Å²) in [5, 5.41) is 0. The Morgan fingerprint density at radius 1 is 0.559 bits per heavy atom. The summed E-state index contributed by atoms with van der Waals surface area (Å²) in [6.07, 6.45) is 20.8. The lowest BCUT2D eigenvalue weighted by molar-refractivity contribution is 0.616. The van der Waals surface area contributed by atoms with Crippen molar-refractivity contribution >= 4 is 23.3 Å². The number of aryl methyl sites for hydroxylation is 2. The van der Waals surface area contributed by atoms with Crippen molar-refractivity contribution in [2.75, 3.05) is 0 Å². The Morgan fingerprint density at radius 3 is 1.59 bits per heavy atom. The first-order valence-electron chi connectivity index (χ1n) is 14.0. The van der Waals surface area contributed by atoms with Crippen LogP contribution in [0.15, 0.2) is 58.5 Å². The zero-order valence-corrected chi connectivity index (χ0v) is 22.2. The molecular weight excluding hydrogens is 412 g/mol. The van der Waals surface area contributed by atoms with Gasteiger partial charge in [-0.3, -0.25) is 9.98 Å². The molecule has 2 rings (SSSR count). The fourth-order valence-corrected chi connectivity index (χ4v) is 4.19. The molecule has 186 valence electrons. The van der Waals surface area contributed by atoms with Crippen LogP contribution in [0.2, 0.25) is 0 Å². The number of hydrogen-bond donors (Lipinski definition) is 0. The van der Waals surface area contributed by atoms with Crippen LogP contribution < -0.4 is 0 Å². The third-order valence-electron chi connectivity index (χ3n) is 6.43. The topological polar surface area (TPSA) is 24.7 Å². The molecule has 2 aromatic rings. The lowest BCUT2D eigenvalue weighted by Crippen LogP contribution is -2.00. The third-order valence-corrected chi connectivity index (χ3v) is 6.43. The third kappa shape index (κ3) is 12.3. The molecule has 0 saturated carbocycles. The molecule has 0 aliphatic carbocycles. The average Bonchev–Trinajstić information content (AvgIpc) is 2.86. The number of benzene rings is 2. The molecule has 0 unspecified atom stereocenters. The van der Waals surface area contributed by atoms with E-state index in [4.69, 9.17) is 9.98 Å². The van der Waals surface area contributed by atoms with E-state index in [9.17, 15) is 0 Å². The van der Waals surface area contributed by atoms with E-state index in [0.717, 1.165) is 29.9 Å². The van der Waals surface area contributed by atoms with Gasteiger partial charge in [0.15, 0.2) is 0 Å². The van der Waals surface area contributed by atoms with Crippen LogP contribution in [0.25, 0.3) is 0 Å². The minimum Gasteiger partial charge on any atom is -0.255 e. The van der Waals surface area contributed by atoms with E-state index in [1.54, 1.807) is 0 Å². The standard InChI is InChI=1S/C32H48N2/c1-4-7-10-11-12-15-18-32(34-31-25-21-29(22-26-31)17-14-9-6-3)27-33-30-23-19-28(20-24-30)16-13-8-5-2/h19-27H,4-18H2,1-3H3. The average molecular weight is 461 g/mol. The first-order chi connectivity index (χ1) is 16.7. The van der Waals surface area contributed by atoms with Gasteiger partial charge in [0.2, 0.25) is 0 Å². The highest BCUT2D eigenvalue weighted by Gasteiger charge is 2.01. The Labute approximate surface area is 210 Å². The maximum atomic E-state index is 4.98. The van der Waals surface area contributed by atoms with Crippen molar-refractivity contribution in [2.24, 2.45) is 9.98 Å². The van der Waals surface area contributed by atoms with Gasteiger partial charge in [-0.15, -0.1) is 0 Å². The summed E-state index contributed by atoms with van der Waals surface area (Å²) in [6.45, 7) is 6.78. The molecule has 0 radical (unpaired) electrons. The Hall–Kier alpha value is -2.22. The number of unbranched alkanes of at least 4 members (excludes halogenated alkanes) is 9. The molecule has 0 aromatic heterocycles. The van der Waals surface area contributed by atoms with E-state index in [1.807, 2.05) is 6.21 Å². The molecule has 2 heteroatoms. The van der Waals surface area contributed by atoms with Crippen molar-refractivity contribution in [1.82, 2.24) is 0 Å². The van der Waals surface area contributed by atoms with Crippen LogP contribution in [0.5, 0.6) is 0 Å². The van der Waals surface area contributed by atoms with Crippen molar-refractivity contribution in [1.29, 1.82) is 0 Å². The predicted octanol–water partition coefficient (Wildman–Crippen LogP) is 10.4. The summed E-state index contributed by atoms with van der Waals surface area (Å²) in [5.41, 5.74) is 5.96. The summed E-state index contributed by atoms with van der Waals surface area (Å²) in [7, 11) is 0. The van der Waals surface area contributed by atoms with Gasteiger partial charge in [0.25, 0.3) is 0 Å². The van der Waals surface area contributed by atoms with E-state index in [2.05, 4.69) is 69.3 Å². The smallest absolute Gasteiger partial charge is 0.0633 e. The largest absolute Gasteiger partial charge is 0.255 e. The fraction of sp³-hybridized carbons (Fsp3) is 0.562. The molecule has 0 atom stereocenters. The quantitative estimate of drug-likeness (QED) is 0.156. The fourth-order valence-electron chi connectivity index (χ4n) is 4.19. The minimum atomic E-state index is 0.989. The van der Waals surface area contributed by atoms with Gasteiger partial charge in [0.05, 0.1) is 17.1 Å². The summed E-state index contributed by atoms with van der Waals surface area (Å²) >= 11 is 0. The van der Waals surface area contributed by atoms with E-state index in [1.165, 1.54) is 94.6 Å². The van der Waals surface area contributed by atoms with E-state index >= 15 is 0 Å². The monoisotopic (exact) mass is 460 g/mol. The molecule has 0 saturated heterocycles. The summed E-state index contributed by atoms with van der Waals surface area (Å²) in [4.78, 5) is 9.76.